The van der Waals surface area contributed by atoms with E-state index in [2.05, 4.69) is 9.97 Å². The van der Waals surface area contributed by atoms with E-state index in [0.717, 1.165) is 21.9 Å². The van der Waals surface area contributed by atoms with Crippen LogP contribution in [0.5, 0.6) is 0 Å². The summed E-state index contributed by atoms with van der Waals surface area (Å²) in [5, 5.41) is 2.06. The number of aromatic amines is 1. The molecule has 3 rings (SSSR count). The molecular weight excluding hydrogens is 250 g/mol. The van der Waals surface area contributed by atoms with Crippen LogP contribution >= 0.6 is 0 Å². The van der Waals surface area contributed by atoms with Crippen molar-refractivity contribution in [1.29, 1.82) is 0 Å². The van der Waals surface area contributed by atoms with Crippen LogP contribution in [-0.4, -0.2) is 34.7 Å². The van der Waals surface area contributed by atoms with Crippen LogP contribution in [0.4, 0.5) is 0 Å². The molecule has 0 radical (unpaired) electrons. The number of hydrogen-bond donors (Lipinski definition) is 1. The first-order chi connectivity index (χ1) is 9.65. The smallest absolute Gasteiger partial charge is 0.187 e. The van der Waals surface area contributed by atoms with E-state index < -0.39 is 0 Å². The Morgan fingerprint density at radius 2 is 2.10 bits per heavy atom. The molecule has 2 aromatic heterocycles. The number of H-pyrrole nitrogens is 1. The predicted octanol–water partition coefficient (Wildman–Crippen LogP) is 2.97. The fraction of sp³-hybridized carbons (Fsp3) is 0.125. The van der Waals surface area contributed by atoms with E-state index in [0.29, 0.717) is 5.56 Å². The van der Waals surface area contributed by atoms with Crippen LogP contribution in [-0.2, 0) is 0 Å². The molecule has 2 heterocycles. The molecule has 0 atom stereocenters. The van der Waals surface area contributed by atoms with Crippen LogP contribution in [0.1, 0.15) is 10.4 Å². The first-order valence-electron chi connectivity index (χ1n) is 6.40. The number of benzene rings is 1. The van der Waals surface area contributed by atoms with Gasteiger partial charge in [0.05, 0.1) is 0 Å². The highest BCUT2D eigenvalue weighted by molar-refractivity contribution is 6.11. The third-order valence-corrected chi connectivity index (χ3v) is 3.18. The molecule has 1 N–H and O–H groups in total. The number of nitrogens with zero attached hydrogens (tertiary/aromatic N) is 2. The predicted molar refractivity (Wildman–Crippen MR) is 80.8 cm³/mol. The zero-order chi connectivity index (χ0) is 14.1. The standard InChI is InChI=1S/C16H15N3O/c1-19(2)9-7-15(20)11-5-6-14-13(10-11)12-4-3-8-17-16(12)18-14/h3-10H,1-2H3,(H,17,18). The SMILES string of the molecule is CN(C)C=CC(=O)c1ccc2[nH]c3ncccc3c2c1. The van der Waals surface area contributed by atoms with E-state index in [9.17, 15) is 4.79 Å². The molecule has 0 aliphatic carbocycles. The van der Waals surface area contributed by atoms with E-state index in [-0.39, 0.29) is 5.78 Å². The van der Waals surface area contributed by atoms with Gasteiger partial charge in [-0.15, -0.1) is 0 Å². The van der Waals surface area contributed by atoms with Crippen molar-refractivity contribution in [3.05, 3.63) is 54.4 Å². The highest BCUT2D eigenvalue weighted by Gasteiger charge is 2.08. The Balaban J connectivity index is 2.10. The van der Waals surface area contributed by atoms with E-state index in [1.807, 2.05) is 49.3 Å². The van der Waals surface area contributed by atoms with Crippen molar-refractivity contribution in [2.75, 3.05) is 14.1 Å². The van der Waals surface area contributed by atoms with Gasteiger partial charge in [-0.2, -0.15) is 0 Å². The highest BCUT2D eigenvalue weighted by atomic mass is 16.1. The number of carbonyl (C=O) groups excluding carboxylic acids is 1. The Bertz CT molecular complexity index is 815. The second-order valence-electron chi connectivity index (χ2n) is 4.93. The van der Waals surface area contributed by atoms with E-state index in [1.54, 1.807) is 18.5 Å². The molecular formula is C16H15N3O. The zero-order valence-corrected chi connectivity index (χ0v) is 11.4. The van der Waals surface area contributed by atoms with Crippen molar-refractivity contribution in [3.8, 4) is 0 Å². The van der Waals surface area contributed by atoms with Gasteiger partial charge in [-0.05, 0) is 30.3 Å². The summed E-state index contributed by atoms with van der Waals surface area (Å²) in [6.45, 7) is 0. The summed E-state index contributed by atoms with van der Waals surface area (Å²) >= 11 is 0. The first-order valence-corrected chi connectivity index (χ1v) is 6.40. The van der Waals surface area contributed by atoms with Gasteiger partial charge >= 0.3 is 0 Å². The van der Waals surface area contributed by atoms with Crippen LogP contribution < -0.4 is 0 Å². The van der Waals surface area contributed by atoms with Crippen molar-refractivity contribution in [2.45, 2.75) is 0 Å². The van der Waals surface area contributed by atoms with Crippen molar-refractivity contribution in [3.63, 3.8) is 0 Å². The van der Waals surface area contributed by atoms with Gasteiger partial charge in [0.25, 0.3) is 0 Å². The monoisotopic (exact) mass is 265 g/mol. The topological polar surface area (TPSA) is 49.0 Å². The molecule has 0 aliphatic heterocycles. The summed E-state index contributed by atoms with van der Waals surface area (Å²) in [6.07, 6.45) is 5.08. The van der Waals surface area contributed by atoms with Gasteiger partial charge in [0, 0.05) is 54.4 Å². The maximum absolute atomic E-state index is 12.1. The van der Waals surface area contributed by atoms with Gasteiger partial charge in [0.2, 0.25) is 0 Å². The van der Waals surface area contributed by atoms with Crippen molar-refractivity contribution in [2.24, 2.45) is 0 Å². The summed E-state index contributed by atoms with van der Waals surface area (Å²) in [7, 11) is 3.77. The lowest BCUT2D eigenvalue weighted by atomic mass is 10.1. The minimum absolute atomic E-state index is 0.00107. The lowest BCUT2D eigenvalue weighted by Crippen LogP contribution is -2.03. The van der Waals surface area contributed by atoms with Gasteiger partial charge in [0.1, 0.15) is 5.65 Å². The minimum atomic E-state index is -0.00107. The van der Waals surface area contributed by atoms with Gasteiger partial charge in [-0.25, -0.2) is 4.98 Å². The number of pyridine rings is 1. The summed E-state index contributed by atoms with van der Waals surface area (Å²) in [5.74, 6) is -0.00107. The third kappa shape index (κ3) is 2.16. The number of aromatic nitrogens is 2. The fourth-order valence-corrected chi connectivity index (χ4v) is 2.19. The van der Waals surface area contributed by atoms with Gasteiger partial charge in [-0.3, -0.25) is 4.79 Å². The molecule has 0 bridgehead atoms. The van der Waals surface area contributed by atoms with Gasteiger partial charge in [-0.1, -0.05) is 0 Å². The normalized spacial score (nSPS) is 11.5. The summed E-state index contributed by atoms with van der Waals surface area (Å²) < 4.78 is 0. The quantitative estimate of drug-likeness (QED) is 0.585. The lowest BCUT2D eigenvalue weighted by Gasteiger charge is -2.03. The van der Waals surface area contributed by atoms with E-state index >= 15 is 0 Å². The number of allylic oxidation sites excluding steroid dienone is 1. The number of ketones is 1. The summed E-state index contributed by atoms with van der Waals surface area (Å²) in [6, 6.07) is 9.58. The van der Waals surface area contributed by atoms with Crippen molar-refractivity contribution >= 4 is 27.7 Å². The molecule has 0 saturated carbocycles. The Hall–Kier alpha value is -2.62. The Kier molecular flexibility index (Phi) is 2.99. The zero-order valence-electron chi connectivity index (χ0n) is 11.4. The number of nitrogens with one attached hydrogen (secondary N) is 1. The van der Waals surface area contributed by atoms with Crippen LogP contribution in [0.3, 0.4) is 0 Å². The Morgan fingerprint density at radius 1 is 1.25 bits per heavy atom. The van der Waals surface area contributed by atoms with E-state index in [4.69, 9.17) is 0 Å². The molecule has 0 spiro atoms. The molecule has 20 heavy (non-hydrogen) atoms. The molecule has 0 saturated heterocycles. The van der Waals surface area contributed by atoms with Crippen LogP contribution in [0.15, 0.2) is 48.8 Å². The number of rotatable bonds is 3. The highest BCUT2D eigenvalue weighted by Crippen LogP contribution is 2.24. The first kappa shape index (κ1) is 12.4. The van der Waals surface area contributed by atoms with Gasteiger partial charge in [0.15, 0.2) is 5.78 Å². The molecule has 0 unspecified atom stereocenters. The maximum atomic E-state index is 12.1. The summed E-state index contributed by atoms with van der Waals surface area (Å²) in [4.78, 5) is 21.5. The average Bonchev–Trinajstić information content (AvgIpc) is 2.82. The largest absolute Gasteiger partial charge is 0.383 e. The molecule has 100 valence electrons. The molecule has 1 aromatic carbocycles. The second kappa shape index (κ2) is 4.81. The maximum Gasteiger partial charge on any atom is 0.187 e. The molecule has 0 fully saturated rings. The Morgan fingerprint density at radius 3 is 2.90 bits per heavy atom. The second-order valence-corrected chi connectivity index (χ2v) is 4.93. The lowest BCUT2D eigenvalue weighted by molar-refractivity contribution is 0.104. The number of carbonyl (C=O) groups is 1. The average molecular weight is 265 g/mol. The fourth-order valence-electron chi connectivity index (χ4n) is 2.19. The minimum Gasteiger partial charge on any atom is -0.383 e. The number of hydrogen-bond acceptors (Lipinski definition) is 3. The molecule has 3 aromatic rings. The molecule has 4 nitrogen and oxygen atoms in total. The summed E-state index contributed by atoms with van der Waals surface area (Å²) in [5.41, 5.74) is 2.52. The molecule has 4 heteroatoms. The van der Waals surface area contributed by atoms with Crippen molar-refractivity contribution < 1.29 is 4.79 Å². The van der Waals surface area contributed by atoms with Crippen LogP contribution in [0, 0.1) is 0 Å². The van der Waals surface area contributed by atoms with Crippen LogP contribution in [0.2, 0.25) is 0 Å². The van der Waals surface area contributed by atoms with Crippen LogP contribution in [0.25, 0.3) is 21.9 Å². The Labute approximate surface area is 116 Å². The number of fused-ring (bicyclic) bond motifs is 3. The molecule has 0 amide bonds. The molecule has 0 aliphatic rings. The third-order valence-electron chi connectivity index (χ3n) is 3.18. The van der Waals surface area contributed by atoms with E-state index in [1.165, 1.54) is 0 Å². The van der Waals surface area contributed by atoms with Gasteiger partial charge < -0.3 is 9.88 Å². The van der Waals surface area contributed by atoms with Crippen molar-refractivity contribution in [1.82, 2.24) is 14.9 Å².